The fourth-order valence-electron chi connectivity index (χ4n) is 1.60. The minimum absolute atomic E-state index is 0.101. The van der Waals surface area contributed by atoms with Crippen molar-refractivity contribution in [1.29, 1.82) is 0 Å². The van der Waals surface area contributed by atoms with Crippen molar-refractivity contribution in [2.45, 2.75) is 0 Å². The number of hydrogen-bond acceptors (Lipinski definition) is 3. The molecule has 0 saturated carbocycles. The molecule has 0 amide bonds. The van der Waals surface area contributed by atoms with Gasteiger partial charge in [0.1, 0.15) is 0 Å². The van der Waals surface area contributed by atoms with E-state index in [2.05, 4.69) is 10.6 Å². The third-order valence-electron chi connectivity index (χ3n) is 2.61. The summed E-state index contributed by atoms with van der Waals surface area (Å²) in [6, 6.07) is 9.05. The Hall–Kier alpha value is -1.60. The lowest BCUT2D eigenvalue weighted by molar-refractivity contribution is -0.384. The van der Waals surface area contributed by atoms with Gasteiger partial charge in [0, 0.05) is 12.1 Å². The Bertz CT molecular complexity index is 755. The number of nitrogens with one attached hydrogen (secondary N) is 2. The quantitative estimate of drug-likeness (QED) is 0.428. The van der Waals surface area contributed by atoms with Crippen LogP contribution in [0.1, 0.15) is 0 Å². The highest BCUT2D eigenvalue weighted by Gasteiger charge is 2.12. The summed E-state index contributed by atoms with van der Waals surface area (Å²) < 4.78 is 0. The Morgan fingerprint density at radius 1 is 1.05 bits per heavy atom. The first kappa shape index (κ1) is 16.8. The van der Waals surface area contributed by atoms with E-state index in [0.717, 1.165) is 0 Å². The molecule has 114 valence electrons. The van der Waals surface area contributed by atoms with Crippen LogP contribution in [0.3, 0.4) is 0 Å². The number of hydrogen-bond donors (Lipinski definition) is 2. The van der Waals surface area contributed by atoms with Gasteiger partial charge in [0.15, 0.2) is 5.11 Å². The van der Waals surface area contributed by atoms with Gasteiger partial charge in [-0.05, 0) is 30.4 Å². The van der Waals surface area contributed by atoms with Gasteiger partial charge in [0.2, 0.25) is 0 Å². The minimum atomic E-state index is -0.522. The first-order valence-corrected chi connectivity index (χ1v) is 7.38. The number of halogens is 3. The molecule has 2 N–H and O–H groups in total. The zero-order valence-corrected chi connectivity index (χ0v) is 13.9. The average molecular weight is 377 g/mol. The molecular formula is C13H8Cl3N3O2S. The third kappa shape index (κ3) is 3.98. The number of nitro benzene ring substituents is 1. The zero-order valence-electron chi connectivity index (χ0n) is 10.8. The highest BCUT2D eigenvalue weighted by atomic mass is 35.5. The summed E-state index contributed by atoms with van der Waals surface area (Å²) in [5.41, 5.74) is 0.718. The SMILES string of the molecule is O=[N+]([O-])c1ccc(Cl)c(NC(=S)Nc2cccc(Cl)c2Cl)c1. The van der Waals surface area contributed by atoms with Crippen molar-refractivity contribution in [2.24, 2.45) is 0 Å². The van der Waals surface area contributed by atoms with Crippen molar-refractivity contribution in [2.75, 3.05) is 10.6 Å². The lowest BCUT2D eigenvalue weighted by Crippen LogP contribution is -2.19. The van der Waals surface area contributed by atoms with Crippen LogP contribution in [0.5, 0.6) is 0 Å². The van der Waals surface area contributed by atoms with Crippen molar-refractivity contribution in [3.05, 3.63) is 61.6 Å². The Labute approximate surface area is 146 Å². The van der Waals surface area contributed by atoms with Gasteiger partial charge in [0.25, 0.3) is 5.69 Å². The van der Waals surface area contributed by atoms with Crippen molar-refractivity contribution >= 4 is 69.2 Å². The summed E-state index contributed by atoms with van der Waals surface area (Å²) in [6.07, 6.45) is 0. The van der Waals surface area contributed by atoms with Crippen molar-refractivity contribution in [3.63, 3.8) is 0 Å². The first-order chi connectivity index (χ1) is 10.4. The molecule has 0 unspecified atom stereocenters. The Morgan fingerprint density at radius 2 is 1.73 bits per heavy atom. The third-order valence-corrected chi connectivity index (χ3v) is 3.96. The van der Waals surface area contributed by atoms with Gasteiger partial charge < -0.3 is 10.6 Å². The maximum atomic E-state index is 10.8. The molecule has 2 rings (SSSR count). The molecule has 0 heterocycles. The smallest absolute Gasteiger partial charge is 0.271 e. The molecule has 0 spiro atoms. The molecular weight excluding hydrogens is 369 g/mol. The Morgan fingerprint density at radius 3 is 2.41 bits per heavy atom. The molecule has 22 heavy (non-hydrogen) atoms. The molecule has 0 aliphatic heterocycles. The molecule has 0 bridgehead atoms. The number of nitrogens with zero attached hydrogens (tertiary/aromatic N) is 1. The fraction of sp³-hybridized carbons (Fsp3) is 0. The number of non-ortho nitro benzene ring substituents is 1. The topological polar surface area (TPSA) is 67.2 Å². The predicted molar refractivity (Wildman–Crippen MR) is 94.4 cm³/mol. The molecule has 0 saturated heterocycles. The van der Waals surface area contributed by atoms with Gasteiger partial charge in [-0.15, -0.1) is 0 Å². The second-order valence-electron chi connectivity index (χ2n) is 4.10. The number of rotatable bonds is 3. The maximum absolute atomic E-state index is 10.8. The normalized spacial score (nSPS) is 10.1. The summed E-state index contributed by atoms with van der Waals surface area (Å²) in [5, 5.41) is 17.6. The second kappa shape index (κ2) is 7.11. The molecule has 9 heteroatoms. The van der Waals surface area contributed by atoms with E-state index < -0.39 is 4.92 Å². The monoisotopic (exact) mass is 375 g/mol. The summed E-state index contributed by atoms with van der Waals surface area (Å²) in [6.45, 7) is 0. The van der Waals surface area contributed by atoms with E-state index in [1.807, 2.05) is 0 Å². The van der Waals surface area contributed by atoms with E-state index in [1.54, 1.807) is 18.2 Å². The largest absolute Gasteiger partial charge is 0.331 e. The fourth-order valence-corrected chi connectivity index (χ4v) is 2.33. The maximum Gasteiger partial charge on any atom is 0.271 e. The molecule has 0 atom stereocenters. The van der Waals surface area contributed by atoms with E-state index in [9.17, 15) is 10.1 Å². The molecule has 2 aromatic carbocycles. The van der Waals surface area contributed by atoms with Crippen LogP contribution < -0.4 is 10.6 Å². The van der Waals surface area contributed by atoms with Gasteiger partial charge in [-0.25, -0.2) is 0 Å². The van der Waals surface area contributed by atoms with Gasteiger partial charge in [0.05, 0.1) is 31.4 Å². The van der Waals surface area contributed by atoms with Crippen LogP contribution in [0.2, 0.25) is 15.1 Å². The van der Waals surface area contributed by atoms with Gasteiger partial charge in [-0.2, -0.15) is 0 Å². The summed E-state index contributed by atoms with van der Waals surface area (Å²) in [4.78, 5) is 10.3. The lowest BCUT2D eigenvalue weighted by Gasteiger charge is -2.13. The Kier molecular flexibility index (Phi) is 5.42. The highest BCUT2D eigenvalue weighted by molar-refractivity contribution is 7.80. The predicted octanol–water partition coefficient (Wildman–Crippen LogP) is 5.36. The van der Waals surface area contributed by atoms with Crippen LogP contribution >= 0.6 is 47.0 Å². The summed E-state index contributed by atoms with van der Waals surface area (Å²) in [7, 11) is 0. The minimum Gasteiger partial charge on any atom is -0.331 e. The summed E-state index contributed by atoms with van der Waals surface area (Å²) in [5.74, 6) is 0. The highest BCUT2D eigenvalue weighted by Crippen LogP contribution is 2.30. The van der Waals surface area contributed by atoms with Crippen molar-refractivity contribution < 1.29 is 4.92 Å². The number of benzene rings is 2. The van der Waals surface area contributed by atoms with E-state index in [1.165, 1.54) is 18.2 Å². The van der Waals surface area contributed by atoms with E-state index in [4.69, 9.17) is 47.0 Å². The van der Waals surface area contributed by atoms with Crippen LogP contribution in [-0.2, 0) is 0 Å². The average Bonchev–Trinajstić information content (AvgIpc) is 2.46. The number of nitro groups is 1. The molecule has 0 fully saturated rings. The van der Waals surface area contributed by atoms with Crippen LogP contribution in [0.4, 0.5) is 17.1 Å². The van der Waals surface area contributed by atoms with E-state index >= 15 is 0 Å². The van der Waals surface area contributed by atoms with Crippen molar-refractivity contribution in [1.82, 2.24) is 0 Å². The zero-order chi connectivity index (χ0) is 16.3. The van der Waals surface area contributed by atoms with Gasteiger partial charge in [-0.3, -0.25) is 10.1 Å². The van der Waals surface area contributed by atoms with Crippen LogP contribution in [0.15, 0.2) is 36.4 Å². The van der Waals surface area contributed by atoms with Crippen LogP contribution in [-0.4, -0.2) is 10.0 Å². The lowest BCUT2D eigenvalue weighted by atomic mass is 10.3. The molecule has 2 aromatic rings. The van der Waals surface area contributed by atoms with Crippen molar-refractivity contribution in [3.8, 4) is 0 Å². The van der Waals surface area contributed by atoms with Gasteiger partial charge >= 0.3 is 0 Å². The van der Waals surface area contributed by atoms with Crippen LogP contribution in [0, 0.1) is 10.1 Å². The number of anilines is 2. The first-order valence-electron chi connectivity index (χ1n) is 5.84. The Balaban J connectivity index is 2.17. The standard InChI is InChI=1S/C13H8Cl3N3O2S/c14-8-5-4-7(19(20)21)6-11(8)18-13(22)17-10-3-1-2-9(15)12(10)16/h1-6H,(H2,17,18,22). The molecule has 5 nitrogen and oxygen atoms in total. The molecule has 0 aliphatic rings. The molecule has 0 radical (unpaired) electrons. The van der Waals surface area contributed by atoms with Gasteiger partial charge in [-0.1, -0.05) is 40.9 Å². The molecule has 0 aromatic heterocycles. The van der Waals surface area contributed by atoms with E-state index in [0.29, 0.717) is 26.4 Å². The van der Waals surface area contributed by atoms with Crippen LogP contribution in [0.25, 0.3) is 0 Å². The number of thiocarbonyl (C=S) groups is 1. The second-order valence-corrected chi connectivity index (χ2v) is 5.70. The molecule has 0 aliphatic carbocycles. The van der Waals surface area contributed by atoms with E-state index in [-0.39, 0.29) is 10.8 Å². The summed E-state index contributed by atoms with van der Waals surface area (Å²) >= 11 is 23.1.